The predicted molar refractivity (Wildman–Crippen MR) is 92.8 cm³/mol. The van der Waals surface area contributed by atoms with Crippen molar-refractivity contribution in [2.45, 2.75) is 13.8 Å². The lowest BCUT2D eigenvalue weighted by Crippen LogP contribution is -2.36. The molecule has 0 atom stereocenters. The minimum Gasteiger partial charge on any atom is -0.324 e. The SMILES string of the molecule is Cc1cccc(C)c1NC(=O)CN(C)CC(=O)Nc1nccs1. The summed E-state index contributed by atoms with van der Waals surface area (Å²) in [5, 5.41) is 7.94. The molecule has 2 N–H and O–H groups in total. The summed E-state index contributed by atoms with van der Waals surface area (Å²) in [7, 11) is 1.73. The summed E-state index contributed by atoms with van der Waals surface area (Å²) >= 11 is 1.36. The van der Waals surface area contributed by atoms with E-state index in [0.717, 1.165) is 16.8 Å². The lowest BCUT2D eigenvalue weighted by molar-refractivity contribution is -0.119. The number of carbonyl (C=O) groups excluding carboxylic acids is 2. The number of anilines is 2. The zero-order valence-electron chi connectivity index (χ0n) is 13.4. The molecule has 0 saturated heterocycles. The van der Waals surface area contributed by atoms with Gasteiger partial charge in [-0.2, -0.15) is 0 Å². The molecule has 0 aliphatic carbocycles. The van der Waals surface area contributed by atoms with E-state index in [2.05, 4.69) is 15.6 Å². The van der Waals surface area contributed by atoms with Crippen LogP contribution in [0.4, 0.5) is 10.8 Å². The number of amides is 2. The fourth-order valence-electron chi connectivity index (χ4n) is 2.18. The fourth-order valence-corrected chi connectivity index (χ4v) is 2.73. The molecule has 23 heavy (non-hydrogen) atoms. The van der Waals surface area contributed by atoms with Gasteiger partial charge in [0.15, 0.2) is 5.13 Å². The molecule has 1 aromatic carbocycles. The van der Waals surface area contributed by atoms with Crippen LogP contribution in [0.15, 0.2) is 29.8 Å². The van der Waals surface area contributed by atoms with E-state index in [9.17, 15) is 9.59 Å². The van der Waals surface area contributed by atoms with E-state index in [1.807, 2.05) is 32.0 Å². The smallest absolute Gasteiger partial charge is 0.240 e. The quantitative estimate of drug-likeness (QED) is 0.851. The molecule has 2 amide bonds. The second kappa shape index (κ2) is 7.85. The summed E-state index contributed by atoms with van der Waals surface area (Å²) in [6.45, 7) is 4.17. The number of likely N-dealkylation sites (N-methyl/N-ethyl adjacent to an activating group) is 1. The highest BCUT2D eigenvalue weighted by molar-refractivity contribution is 7.13. The molecule has 1 heterocycles. The van der Waals surface area contributed by atoms with Crippen LogP contribution in [-0.2, 0) is 9.59 Å². The Balaban J connectivity index is 1.83. The van der Waals surface area contributed by atoms with Gasteiger partial charge in [0.25, 0.3) is 0 Å². The maximum absolute atomic E-state index is 12.1. The van der Waals surface area contributed by atoms with Crippen molar-refractivity contribution >= 4 is 34.0 Å². The number of hydrogen-bond acceptors (Lipinski definition) is 5. The number of rotatable bonds is 6. The van der Waals surface area contributed by atoms with Gasteiger partial charge < -0.3 is 10.6 Å². The highest BCUT2D eigenvalue weighted by Crippen LogP contribution is 2.19. The maximum Gasteiger partial charge on any atom is 0.240 e. The summed E-state index contributed by atoms with van der Waals surface area (Å²) in [5.41, 5.74) is 2.86. The Hall–Kier alpha value is -2.25. The Labute approximate surface area is 139 Å². The van der Waals surface area contributed by atoms with Gasteiger partial charge in [-0.1, -0.05) is 18.2 Å². The van der Waals surface area contributed by atoms with E-state index in [1.54, 1.807) is 23.5 Å². The molecule has 122 valence electrons. The first-order chi connectivity index (χ1) is 11.0. The van der Waals surface area contributed by atoms with Crippen LogP contribution >= 0.6 is 11.3 Å². The number of benzene rings is 1. The van der Waals surface area contributed by atoms with Crippen LogP contribution in [0.25, 0.3) is 0 Å². The van der Waals surface area contributed by atoms with Crippen molar-refractivity contribution < 1.29 is 9.59 Å². The van der Waals surface area contributed by atoms with Crippen molar-refractivity contribution in [2.75, 3.05) is 30.8 Å². The summed E-state index contributed by atoms with van der Waals surface area (Å²) in [6, 6.07) is 5.86. The van der Waals surface area contributed by atoms with Crippen molar-refractivity contribution in [1.82, 2.24) is 9.88 Å². The second-order valence-electron chi connectivity index (χ2n) is 5.37. The minimum atomic E-state index is -0.192. The van der Waals surface area contributed by atoms with E-state index < -0.39 is 0 Å². The van der Waals surface area contributed by atoms with Crippen LogP contribution in [0.1, 0.15) is 11.1 Å². The molecule has 7 heteroatoms. The van der Waals surface area contributed by atoms with E-state index in [1.165, 1.54) is 11.3 Å². The monoisotopic (exact) mass is 332 g/mol. The van der Waals surface area contributed by atoms with Crippen molar-refractivity contribution in [2.24, 2.45) is 0 Å². The van der Waals surface area contributed by atoms with E-state index in [0.29, 0.717) is 5.13 Å². The first-order valence-corrected chi connectivity index (χ1v) is 8.07. The zero-order valence-corrected chi connectivity index (χ0v) is 14.2. The van der Waals surface area contributed by atoms with Crippen LogP contribution in [0.2, 0.25) is 0 Å². The molecule has 2 rings (SSSR count). The Morgan fingerprint density at radius 1 is 1.13 bits per heavy atom. The number of carbonyl (C=O) groups is 2. The third kappa shape index (κ3) is 5.15. The molecular weight excluding hydrogens is 312 g/mol. The molecule has 0 aliphatic heterocycles. The number of hydrogen-bond donors (Lipinski definition) is 2. The van der Waals surface area contributed by atoms with Gasteiger partial charge in [-0.05, 0) is 32.0 Å². The van der Waals surface area contributed by atoms with Gasteiger partial charge in [0, 0.05) is 17.3 Å². The molecule has 0 radical (unpaired) electrons. The summed E-state index contributed by atoms with van der Waals surface area (Å²) in [4.78, 5) is 29.6. The summed E-state index contributed by atoms with van der Waals surface area (Å²) in [6.07, 6.45) is 1.63. The largest absolute Gasteiger partial charge is 0.324 e. The van der Waals surface area contributed by atoms with Crippen LogP contribution < -0.4 is 10.6 Å². The van der Waals surface area contributed by atoms with E-state index in [4.69, 9.17) is 0 Å². The van der Waals surface area contributed by atoms with Gasteiger partial charge >= 0.3 is 0 Å². The highest BCUT2D eigenvalue weighted by Gasteiger charge is 2.13. The predicted octanol–water partition coefficient (Wildman–Crippen LogP) is 2.27. The van der Waals surface area contributed by atoms with Crippen LogP contribution in [0.5, 0.6) is 0 Å². The molecule has 0 bridgehead atoms. The summed E-state index contributed by atoms with van der Waals surface area (Å²) in [5.74, 6) is -0.339. The molecule has 2 aromatic rings. The lowest BCUT2D eigenvalue weighted by atomic mass is 10.1. The third-order valence-electron chi connectivity index (χ3n) is 3.25. The Morgan fingerprint density at radius 3 is 2.30 bits per heavy atom. The van der Waals surface area contributed by atoms with Crippen LogP contribution in [0, 0.1) is 13.8 Å². The van der Waals surface area contributed by atoms with Crippen molar-refractivity contribution in [1.29, 1.82) is 0 Å². The van der Waals surface area contributed by atoms with Crippen LogP contribution in [0.3, 0.4) is 0 Å². The molecule has 1 aromatic heterocycles. The normalized spacial score (nSPS) is 10.6. The van der Waals surface area contributed by atoms with Crippen molar-refractivity contribution in [3.63, 3.8) is 0 Å². The molecule has 0 spiro atoms. The Morgan fingerprint density at radius 2 is 1.74 bits per heavy atom. The topological polar surface area (TPSA) is 74.3 Å². The molecule has 0 unspecified atom stereocenters. The standard InChI is InChI=1S/C16H20N4O2S/c1-11-5-4-6-12(2)15(11)18-13(21)9-20(3)10-14(22)19-16-17-7-8-23-16/h4-8H,9-10H2,1-3H3,(H,18,21)(H,17,19,22). The number of para-hydroxylation sites is 1. The number of aromatic nitrogens is 1. The number of thiazole rings is 1. The molecular formula is C16H20N4O2S. The third-order valence-corrected chi connectivity index (χ3v) is 3.94. The average molecular weight is 332 g/mol. The second-order valence-corrected chi connectivity index (χ2v) is 6.27. The van der Waals surface area contributed by atoms with Gasteiger partial charge in [-0.3, -0.25) is 14.5 Å². The van der Waals surface area contributed by atoms with Gasteiger partial charge in [0.1, 0.15) is 0 Å². The zero-order chi connectivity index (χ0) is 16.8. The lowest BCUT2D eigenvalue weighted by Gasteiger charge is -2.17. The van der Waals surface area contributed by atoms with E-state index >= 15 is 0 Å². The molecule has 0 saturated carbocycles. The van der Waals surface area contributed by atoms with Gasteiger partial charge in [-0.25, -0.2) is 4.98 Å². The van der Waals surface area contributed by atoms with E-state index in [-0.39, 0.29) is 24.9 Å². The van der Waals surface area contributed by atoms with Gasteiger partial charge in [0.05, 0.1) is 13.1 Å². The average Bonchev–Trinajstić information content (AvgIpc) is 2.95. The fraction of sp³-hybridized carbons (Fsp3) is 0.312. The van der Waals surface area contributed by atoms with Crippen molar-refractivity contribution in [3.05, 3.63) is 40.9 Å². The number of nitrogens with one attached hydrogen (secondary N) is 2. The van der Waals surface area contributed by atoms with Gasteiger partial charge in [0.2, 0.25) is 11.8 Å². The number of aryl methyl sites for hydroxylation is 2. The first-order valence-electron chi connectivity index (χ1n) is 7.19. The summed E-state index contributed by atoms with van der Waals surface area (Å²) < 4.78 is 0. The maximum atomic E-state index is 12.1. The molecule has 6 nitrogen and oxygen atoms in total. The van der Waals surface area contributed by atoms with Gasteiger partial charge in [-0.15, -0.1) is 11.3 Å². The minimum absolute atomic E-state index is 0.125. The van der Waals surface area contributed by atoms with Crippen molar-refractivity contribution in [3.8, 4) is 0 Å². The molecule has 0 aliphatic rings. The number of nitrogens with zero attached hydrogens (tertiary/aromatic N) is 2. The Kier molecular flexibility index (Phi) is 5.84. The highest BCUT2D eigenvalue weighted by atomic mass is 32.1. The van der Waals surface area contributed by atoms with Crippen LogP contribution in [-0.4, -0.2) is 41.8 Å². The molecule has 0 fully saturated rings. The first kappa shape index (κ1) is 17.1. The Bertz CT molecular complexity index is 665.